The number of amides is 2. The van der Waals surface area contributed by atoms with Crippen molar-refractivity contribution >= 4 is 17.8 Å². The molecule has 1 heterocycles. The SMILES string of the molecule is CC1(c2ccccc2)CC(=O)N(CCC(=O)O)C1=O. The van der Waals surface area contributed by atoms with Gasteiger partial charge in [-0.25, -0.2) is 0 Å². The normalized spacial score (nSPS) is 22.9. The number of rotatable bonds is 4. The third-order valence-corrected chi connectivity index (χ3v) is 3.48. The van der Waals surface area contributed by atoms with Gasteiger partial charge in [0.05, 0.1) is 11.8 Å². The highest BCUT2D eigenvalue weighted by Gasteiger charge is 2.48. The van der Waals surface area contributed by atoms with E-state index in [0.717, 1.165) is 10.5 Å². The van der Waals surface area contributed by atoms with Crippen LogP contribution >= 0.6 is 0 Å². The van der Waals surface area contributed by atoms with E-state index in [2.05, 4.69) is 0 Å². The minimum Gasteiger partial charge on any atom is -0.481 e. The van der Waals surface area contributed by atoms with Crippen LogP contribution in [-0.2, 0) is 19.8 Å². The molecule has 100 valence electrons. The fourth-order valence-electron chi connectivity index (χ4n) is 2.35. The molecule has 0 radical (unpaired) electrons. The average Bonchev–Trinajstić information content (AvgIpc) is 2.60. The van der Waals surface area contributed by atoms with E-state index in [1.165, 1.54) is 0 Å². The van der Waals surface area contributed by atoms with Crippen LogP contribution in [0.25, 0.3) is 0 Å². The fraction of sp³-hybridized carbons (Fsp3) is 0.357. The van der Waals surface area contributed by atoms with Gasteiger partial charge in [0, 0.05) is 13.0 Å². The van der Waals surface area contributed by atoms with Crippen LogP contribution in [0, 0.1) is 0 Å². The van der Waals surface area contributed by atoms with Crippen LogP contribution in [0.15, 0.2) is 30.3 Å². The number of carboxylic acid groups (broad SMARTS) is 1. The first-order valence-corrected chi connectivity index (χ1v) is 6.07. The van der Waals surface area contributed by atoms with Crippen LogP contribution in [0.2, 0.25) is 0 Å². The lowest BCUT2D eigenvalue weighted by Crippen LogP contribution is -2.37. The molecule has 1 fully saturated rings. The molecule has 19 heavy (non-hydrogen) atoms. The monoisotopic (exact) mass is 261 g/mol. The van der Waals surface area contributed by atoms with Crippen molar-refractivity contribution in [1.82, 2.24) is 4.90 Å². The molecule has 1 aliphatic rings. The summed E-state index contributed by atoms with van der Waals surface area (Å²) in [5.74, 6) is -1.64. The zero-order valence-electron chi connectivity index (χ0n) is 10.6. The predicted molar refractivity (Wildman–Crippen MR) is 67.4 cm³/mol. The van der Waals surface area contributed by atoms with Crippen molar-refractivity contribution in [1.29, 1.82) is 0 Å². The number of nitrogens with zero attached hydrogens (tertiary/aromatic N) is 1. The van der Waals surface area contributed by atoms with E-state index >= 15 is 0 Å². The van der Waals surface area contributed by atoms with Gasteiger partial charge in [0.2, 0.25) is 11.8 Å². The van der Waals surface area contributed by atoms with E-state index in [4.69, 9.17) is 5.11 Å². The van der Waals surface area contributed by atoms with Crippen LogP contribution < -0.4 is 0 Å². The van der Waals surface area contributed by atoms with Crippen LogP contribution in [0.5, 0.6) is 0 Å². The minimum atomic E-state index is -1.02. The number of carbonyl (C=O) groups is 3. The molecule has 5 heteroatoms. The van der Waals surface area contributed by atoms with Gasteiger partial charge in [-0.2, -0.15) is 0 Å². The van der Waals surface area contributed by atoms with Crippen molar-refractivity contribution in [2.24, 2.45) is 0 Å². The summed E-state index contributed by atoms with van der Waals surface area (Å²) in [6.45, 7) is 1.67. The Morgan fingerprint density at radius 3 is 2.53 bits per heavy atom. The van der Waals surface area contributed by atoms with Gasteiger partial charge in [-0.05, 0) is 12.5 Å². The topological polar surface area (TPSA) is 74.7 Å². The molecule has 0 aromatic heterocycles. The third kappa shape index (κ3) is 2.36. The van der Waals surface area contributed by atoms with Crippen LogP contribution in [-0.4, -0.2) is 34.3 Å². The predicted octanol–water partition coefficient (Wildman–Crippen LogP) is 1.18. The molecule has 2 amide bonds. The summed E-state index contributed by atoms with van der Waals surface area (Å²) in [5.41, 5.74) is -0.0946. The largest absolute Gasteiger partial charge is 0.481 e. The second kappa shape index (κ2) is 4.84. The van der Waals surface area contributed by atoms with E-state index in [1.807, 2.05) is 30.3 Å². The average molecular weight is 261 g/mol. The molecule has 1 aromatic rings. The van der Waals surface area contributed by atoms with Crippen LogP contribution in [0.4, 0.5) is 0 Å². The first-order valence-electron chi connectivity index (χ1n) is 6.07. The quantitative estimate of drug-likeness (QED) is 0.826. The second-order valence-corrected chi connectivity index (χ2v) is 4.87. The smallest absolute Gasteiger partial charge is 0.305 e. The van der Waals surface area contributed by atoms with Gasteiger partial charge >= 0.3 is 5.97 Å². The molecule has 0 saturated carbocycles. The van der Waals surface area contributed by atoms with E-state index in [9.17, 15) is 14.4 Å². The van der Waals surface area contributed by atoms with Crippen molar-refractivity contribution < 1.29 is 19.5 Å². The molecule has 5 nitrogen and oxygen atoms in total. The molecule has 1 N–H and O–H groups in total. The number of carbonyl (C=O) groups excluding carboxylic acids is 2. The molecule has 1 unspecified atom stereocenters. The second-order valence-electron chi connectivity index (χ2n) is 4.87. The van der Waals surface area contributed by atoms with Gasteiger partial charge in [0.15, 0.2) is 0 Å². The Bertz CT molecular complexity index is 526. The van der Waals surface area contributed by atoms with Crippen molar-refractivity contribution in [2.45, 2.75) is 25.2 Å². The number of likely N-dealkylation sites (tertiary alicyclic amines) is 1. The van der Waals surface area contributed by atoms with Crippen LogP contribution in [0.1, 0.15) is 25.3 Å². The zero-order chi connectivity index (χ0) is 14.0. The molecule has 2 rings (SSSR count). The van der Waals surface area contributed by atoms with Gasteiger partial charge in [-0.1, -0.05) is 30.3 Å². The molecule has 0 aliphatic carbocycles. The Morgan fingerprint density at radius 2 is 1.95 bits per heavy atom. The molecular formula is C14H15NO4. The first-order chi connectivity index (χ1) is 8.95. The summed E-state index contributed by atoms with van der Waals surface area (Å²) in [7, 11) is 0. The Hall–Kier alpha value is -2.17. The lowest BCUT2D eigenvalue weighted by atomic mass is 9.81. The Balaban J connectivity index is 2.24. The van der Waals surface area contributed by atoms with E-state index < -0.39 is 11.4 Å². The summed E-state index contributed by atoms with van der Waals surface area (Å²) < 4.78 is 0. The Kier molecular flexibility index (Phi) is 3.38. The fourth-order valence-corrected chi connectivity index (χ4v) is 2.35. The number of hydrogen-bond donors (Lipinski definition) is 1. The number of aliphatic carboxylic acids is 1. The van der Waals surface area contributed by atoms with Crippen molar-refractivity contribution in [3.05, 3.63) is 35.9 Å². The van der Waals surface area contributed by atoms with Gasteiger partial charge in [-0.3, -0.25) is 19.3 Å². The molecule has 1 aliphatic heterocycles. The highest BCUT2D eigenvalue weighted by molar-refractivity contribution is 6.08. The van der Waals surface area contributed by atoms with E-state index in [1.54, 1.807) is 6.92 Å². The highest BCUT2D eigenvalue weighted by Crippen LogP contribution is 2.36. The maximum Gasteiger partial charge on any atom is 0.305 e. The Labute approximate surface area is 110 Å². The lowest BCUT2D eigenvalue weighted by Gasteiger charge is -2.22. The molecule has 0 spiro atoms. The number of hydrogen-bond acceptors (Lipinski definition) is 3. The first kappa shape index (κ1) is 13.3. The van der Waals surface area contributed by atoms with Crippen molar-refractivity contribution in [3.8, 4) is 0 Å². The summed E-state index contributed by atoms with van der Waals surface area (Å²) in [6.07, 6.45) is -0.127. The maximum atomic E-state index is 12.4. The summed E-state index contributed by atoms with van der Waals surface area (Å²) in [6, 6.07) is 9.10. The number of imide groups is 1. The van der Waals surface area contributed by atoms with E-state index in [-0.39, 0.29) is 31.2 Å². The summed E-state index contributed by atoms with van der Waals surface area (Å²) >= 11 is 0. The minimum absolute atomic E-state index is 0.0601. The summed E-state index contributed by atoms with van der Waals surface area (Å²) in [4.78, 5) is 35.9. The van der Waals surface area contributed by atoms with Crippen molar-refractivity contribution in [3.63, 3.8) is 0 Å². The molecule has 1 saturated heterocycles. The van der Waals surface area contributed by atoms with Crippen molar-refractivity contribution in [2.75, 3.05) is 6.54 Å². The number of carboxylic acids is 1. The van der Waals surface area contributed by atoms with E-state index in [0.29, 0.717) is 0 Å². The Morgan fingerprint density at radius 1 is 1.32 bits per heavy atom. The summed E-state index contributed by atoms with van der Waals surface area (Å²) in [5, 5.41) is 8.64. The van der Waals surface area contributed by atoms with Gasteiger partial charge in [0.1, 0.15) is 0 Å². The van der Waals surface area contributed by atoms with Gasteiger partial charge in [-0.15, -0.1) is 0 Å². The molecule has 0 bridgehead atoms. The third-order valence-electron chi connectivity index (χ3n) is 3.48. The molecular weight excluding hydrogens is 246 g/mol. The van der Waals surface area contributed by atoms with Gasteiger partial charge in [0.25, 0.3) is 0 Å². The number of benzene rings is 1. The standard InChI is InChI=1S/C14H15NO4/c1-14(10-5-3-2-4-6-10)9-11(16)15(13(14)19)8-7-12(17)18/h2-6H,7-9H2,1H3,(H,17,18). The molecule has 1 atom stereocenters. The lowest BCUT2D eigenvalue weighted by molar-refractivity contribution is -0.141. The maximum absolute atomic E-state index is 12.4. The molecule has 1 aromatic carbocycles. The zero-order valence-corrected chi connectivity index (χ0v) is 10.6. The van der Waals surface area contributed by atoms with Gasteiger partial charge < -0.3 is 5.11 Å². The highest BCUT2D eigenvalue weighted by atomic mass is 16.4. The van der Waals surface area contributed by atoms with Crippen LogP contribution in [0.3, 0.4) is 0 Å².